The Bertz CT molecular complexity index is 1240. The van der Waals surface area contributed by atoms with Gasteiger partial charge in [0.25, 0.3) is 0 Å². The third kappa shape index (κ3) is 3.94. The molecule has 2 aromatic carbocycles. The molecule has 2 N–H and O–H groups in total. The highest BCUT2D eigenvalue weighted by atomic mass is 19.1. The lowest BCUT2D eigenvalue weighted by atomic mass is 9.80. The van der Waals surface area contributed by atoms with Gasteiger partial charge in [-0.25, -0.2) is 14.0 Å². The number of allylic oxidation sites excluding steroid dienone is 1. The molecule has 0 bridgehead atoms. The number of rotatable bonds is 5. The van der Waals surface area contributed by atoms with E-state index in [1.165, 1.54) is 19.1 Å². The highest BCUT2D eigenvalue weighted by Gasteiger charge is 2.44. The largest absolute Gasteiger partial charge is 0.466 e. The van der Waals surface area contributed by atoms with Gasteiger partial charge in [-0.2, -0.15) is 5.26 Å². The van der Waals surface area contributed by atoms with Crippen molar-refractivity contribution >= 4 is 23.4 Å². The Hall–Kier alpha value is -4.45. The molecular formula is C24H20FN3O5. The Balaban J connectivity index is 2.51. The van der Waals surface area contributed by atoms with Crippen LogP contribution in [0, 0.1) is 17.1 Å². The van der Waals surface area contributed by atoms with Crippen molar-refractivity contribution in [2.45, 2.75) is 12.8 Å². The number of esters is 2. The summed E-state index contributed by atoms with van der Waals surface area (Å²) in [6.45, 7) is 1.21. The summed E-state index contributed by atoms with van der Waals surface area (Å²) in [5.41, 5.74) is 5.44. The topological polar surface area (TPSA) is 123 Å². The molecule has 0 amide bonds. The van der Waals surface area contributed by atoms with Crippen molar-refractivity contribution in [3.63, 3.8) is 0 Å². The summed E-state index contributed by atoms with van der Waals surface area (Å²) in [5, 5.41) is 9.99. The molecule has 9 heteroatoms. The number of ether oxygens (including phenoxy) is 2. The highest BCUT2D eigenvalue weighted by Crippen LogP contribution is 2.44. The van der Waals surface area contributed by atoms with Gasteiger partial charge in [-0.05, 0) is 24.6 Å². The second-order valence-corrected chi connectivity index (χ2v) is 7.03. The zero-order valence-electron chi connectivity index (χ0n) is 18.1. The van der Waals surface area contributed by atoms with Crippen molar-refractivity contribution in [1.29, 1.82) is 5.26 Å². The van der Waals surface area contributed by atoms with E-state index in [2.05, 4.69) is 0 Å². The van der Waals surface area contributed by atoms with Gasteiger partial charge in [0.2, 0.25) is 0 Å². The molecule has 8 nitrogen and oxygen atoms in total. The number of hydrogen-bond acceptors (Lipinski definition) is 8. The van der Waals surface area contributed by atoms with Crippen LogP contribution in [0.3, 0.4) is 0 Å². The fourth-order valence-corrected chi connectivity index (χ4v) is 3.77. The van der Waals surface area contributed by atoms with E-state index in [1.807, 2.05) is 6.07 Å². The number of para-hydroxylation sites is 1. The molecule has 1 heterocycles. The van der Waals surface area contributed by atoms with Crippen LogP contribution in [-0.4, -0.2) is 31.9 Å². The first-order valence-electron chi connectivity index (χ1n) is 9.73. The van der Waals surface area contributed by atoms with Crippen LogP contribution in [0.1, 0.15) is 28.8 Å². The normalized spacial score (nSPS) is 15.7. The van der Waals surface area contributed by atoms with E-state index in [0.29, 0.717) is 5.56 Å². The van der Waals surface area contributed by atoms with E-state index in [4.69, 9.17) is 15.2 Å². The first-order valence-corrected chi connectivity index (χ1v) is 9.73. The predicted molar refractivity (Wildman–Crippen MR) is 116 cm³/mol. The Morgan fingerprint density at radius 1 is 1.03 bits per heavy atom. The molecule has 0 spiro atoms. The van der Waals surface area contributed by atoms with E-state index >= 15 is 4.39 Å². The van der Waals surface area contributed by atoms with Crippen molar-refractivity contribution in [3.05, 3.63) is 88.1 Å². The van der Waals surface area contributed by atoms with Crippen LogP contribution in [-0.2, 0) is 19.1 Å². The van der Waals surface area contributed by atoms with Gasteiger partial charge in [0.1, 0.15) is 17.3 Å². The number of anilines is 1. The minimum absolute atomic E-state index is 0.112. The fourth-order valence-electron chi connectivity index (χ4n) is 3.77. The lowest BCUT2D eigenvalue weighted by Gasteiger charge is -2.36. The lowest BCUT2D eigenvalue weighted by Crippen LogP contribution is -2.41. The zero-order chi connectivity index (χ0) is 24.3. The van der Waals surface area contributed by atoms with Crippen molar-refractivity contribution in [2.75, 3.05) is 19.1 Å². The summed E-state index contributed by atoms with van der Waals surface area (Å²) in [6, 6.07) is 14.1. The van der Waals surface area contributed by atoms with Crippen LogP contribution in [0.15, 0.2) is 71.2 Å². The lowest BCUT2D eigenvalue weighted by molar-refractivity contribution is -0.139. The van der Waals surface area contributed by atoms with Crippen LogP contribution in [0.2, 0.25) is 0 Å². The molecular weight excluding hydrogens is 429 g/mol. The summed E-state index contributed by atoms with van der Waals surface area (Å²) in [6.07, 6.45) is 0. The minimum Gasteiger partial charge on any atom is -0.466 e. The van der Waals surface area contributed by atoms with E-state index in [1.54, 1.807) is 30.3 Å². The summed E-state index contributed by atoms with van der Waals surface area (Å²) in [5.74, 6) is -4.82. The zero-order valence-corrected chi connectivity index (χ0v) is 18.1. The van der Waals surface area contributed by atoms with Gasteiger partial charge < -0.3 is 15.2 Å². The maximum absolute atomic E-state index is 15.1. The molecule has 0 aromatic heterocycles. The second kappa shape index (κ2) is 9.36. The van der Waals surface area contributed by atoms with Crippen molar-refractivity contribution in [1.82, 2.24) is 0 Å². The Morgan fingerprint density at radius 3 is 2.21 bits per heavy atom. The van der Waals surface area contributed by atoms with Crippen LogP contribution < -0.4 is 10.6 Å². The first-order chi connectivity index (χ1) is 15.8. The minimum atomic E-state index is -1.10. The first kappa shape index (κ1) is 23.2. The Labute approximate surface area is 189 Å². The van der Waals surface area contributed by atoms with Gasteiger partial charge >= 0.3 is 11.9 Å². The number of halogens is 1. The van der Waals surface area contributed by atoms with E-state index < -0.39 is 35.2 Å². The second-order valence-electron chi connectivity index (χ2n) is 7.03. The number of benzene rings is 2. The van der Waals surface area contributed by atoms with Gasteiger partial charge in [0.15, 0.2) is 5.78 Å². The SMILES string of the molecule is COC(=O)C1=C(C(=O)OC)N(c2c(F)cccc2C(C)=O)C(N)=C(C#N)C1c1ccccc1. The van der Waals surface area contributed by atoms with Gasteiger partial charge in [-0.15, -0.1) is 0 Å². The Kier molecular flexibility index (Phi) is 6.59. The summed E-state index contributed by atoms with van der Waals surface area (Å²) >= 11 is 0. The summed E-state index contributed by atoms with van der Waals surface area (Å²) in [4.78, 5) is 39.1. The molecule has 1 aliphatic rings. The molecule has 0 fully saturated rings. The number of carbonyl (C=O) groups excluding carboxylic acids is 3. The predicted octanol–water partition coefficient (Wildman–Crippen LogP) is 2.93. The van der Waals surface area contributed by atoms with E-state index in [9.17, 15) is 19.6 Å². The molecule has 33 heavy (non-hydrogen) atoms. The maximum atomic E-state index is 15.1. The molecule has 3 rings (SSSR count). The van der Waals surface area contributed by atoms with Gasteiger partial charge in [0, 0.05) is 5.56 Å². The summed E-state index contributed by atoms with van der Waals surface area (Å²) in [7, 11) is 2.18. The number of nitrogens with two attached hydrogens (primary N) is 1. The molecule has 0 radical (unpaired) electrons. The standard InChI is InChI=1S/C24H20FN3O5/c1-13(29)15-10-7-11-17(25)20(15)28-21(24(31)33-3)19(23(30)32-2)18(16(12-26)22(28)27)14-8-5-4-6-9-14/h4-11,18H,27H2,1-3H3. The molecule has 1 atom stereocenters. The molecule has 2 aromatic rings. The van der Waals surface area contributed by atoms with E-state index in [0.717, 1.165) is 25.2 Å². The fraction of sp³-hybridized carbons (Fsp3) is 0.167. The number of methoxy groups -OCH3 is 2. The maximum Gasteiger partial charge on any atom is 0.355 e. The number of carbonyl (C=O) groups is 3. The molecule has 1 aliphatic heterocycles. The number of ketones is 1. The van der Waals surface area contributed by atoms with Gasteiger partial charge in [-0.3, -0.25) is 9.69 Å². The van der Waals surface area contributed by atoms with Crippen molar-refractivity contribution in [3.8, 4) is 6.07 Å². The molecule has 1 unspecified atom stereocenters. The number of nitrogens with zero attached hydrogens (tertiary/aromatic N) is 2. The summed E-state index contributed by atoms with van der Waals surface area (Å²) < 4.78 is 24.9. The molecule has 0 saturated heterocycles. The van der Waals surface area contributed by atoms with Gasteiger partial charge in [-0.1, -0.05) is 36.4 Å². The van der Waals surface area contributed by atoms with Crippen LogP contribution in [0.5, 0.6) is 0 Å². The average Bonchev–Trinajstić information content (AvgIpc) is 2.82. The van der Waals surface area contributed by atoms with Gasteiger partial charge in [0.05, 0.1) is 43.0 Å². The molecule has 0 saturated carbocycles. The van der Waals surface area contributed by atoms with Crippen LogP contribution >= 0.6 is 0 Å². The number of hydrogen-bond donors (Lipinski definition) is 1. The van der Waals surface area contributed by atoms with Crippen molar-refractivity contribution in [2.24, 2.45) is 5.73 Å². The van der Waals surface area contributed by atoms with Crippen LogP contribution in [0.25, 0.3) is 0 Å². The molecule has 168 valence electrons. The third-order valence-electron chi connectivity index (χ3n) is 5.20. The number of nitriles is 1. The molecule has 0 aliphatic carbocycles. The van der Waals surface area contributed by atoms with Crippen LogP contribution in [0.4, 0.5) is 10.1 Å². The quantitative estimate of drug-likeness (QED) is 0.546. The third-order valence-corrected chi connectivity index (χ3v) is 5.20. The Morgan fingerprint density at radius 2 is 1.67 bits per heavy atom. The number of Topliss-reactive ketones (excluding diaryl/α,β-unsaturated/α-hetero) is 1. The smallest absolute Gasteiger partial charge is 0.355 e. The van der Waals surface area contributed by atoms with Crippen molar-refractivity contribution < 1.29 is 28.2 Å². The monoisotopic (exact) mass is 449 g/mol. The highest BCUT2D eigenvalue weighted by molar-refractivity contribution is 6.08. The van der Waals surface area contributed by atoms with E-state index in [-0.39, 0.29) is 28.2 Å². The average molecular weight is 449 g/mol.